The molecule has 17 heavy (non-hydrogen) atoms. The Balaban J connectivity index is 1.84. The van der Waals surface area contributed by atoms with Crippen LogP contribution in [-0.2, 0) is 13.6 Å². The van der Waals surface area contributed by atoms with Gasteiger partial charge in [-0.3, -0.25) is 0 Å². The van der Waals surface area contributed by atoms with Crippen molar-refractivity contribution in [2.24, 2.45) is 7.05 Å². The maximum Gasteiger partial charge on any atom is 0.128 e. The highest BCUT2D eigenvalue weighted by molar-refractivity contribution is 5.09. The highest BCUT2D eigenvalue weighted by atomic mass is 15.1. The first kappa shape index (κ1) is 10.5. The average molecular weight is 231 g/mol. The molecule has 1 saturated heterocycles. The molecule has 1 aliphatic heterocycles. The van der Waals surface area contributed by atoms with E-state index in [0.29, 0.717) is 6.04 Å². The van der Waals surface area contributed by atoms with Gasteiger partial charge in [-0.05, 0) is 19.4 Å². The molecule has 3 heterocycles. The quantitative estimate of drug-likeness (QED) is 0.860. The van der Waals surface area contributed by atoms with Gasteiger partial charge in [0.1, 0.15) is 5.82 Å². The number of nitrogens with one attached hydrogen (secondary N) is 1. The van der Waals surface area contributed by atoms with Crippen molar-refractivity contribution in [3.05, 3.63) is 36.4 Å². The molecule has 2 aromatic heterocycles. The second-order valence-electron chi connectivity index (χ2n) is 4.55. The number of nitrogens with zero attached hydrogens (tertiary/aromatic N) is 4. The largest absolute Gasteiger partial charge is 0.337 e. The first-order valence-electron chi connectivity index (χ1n) is 6.04. The molecule has 1 fully saturated rings. The van der Waals surface area contributed by atoms with Crippen LogP contribution in [0, 0.1) is 0 Å². The molecular weight excluding hydrogens is 214 g/mol. The highest BCUT2D eigenvalue weighted by Crippen LogP contribution is 2.22. The maximum atomic E-state index is 4.35. The molecule has 1 unspecified atom stereocenters. The summed E-state index contributed by atoms with van der Waals surface area (Å²) in [6.07, 6.45) is 10.1. The van der Waals surface area contributed by atoms with Crippen LogP contribution in [0.1, 0.15) is 30.4 Å². The Morgan fingerprint density at radius 3 is 3.18 bits per heavy atom. The van der Waals surface area contributed by atoms with E-state index in [1.54, 1.807) is 0 Å². The molecular formula is C12H17N5. The topological polar surface area (TPSA) is 47.7 Å². The molecule has 0 aliphatic carbocycles. The molecule has 0 spiro atoms. The summed E-state index contributed by atoms with van der Waals surface area (Å²) in [6.45, 7) is 1.90. The van der Waals surface area contributed by atoms with E-state index in [4.69, 9.17) is 0 Å². The normalized spacial score (nSPS) is 19.9. The van der Waals surface area contributed by atoms with E-state index >= 15 is 0 Å². The van der Waals surface area contributed by atoms with Crippen molar-refractivity contribution in [3.63, 3.8) is 0 Å². The zero-order valence-electron chi connectivity index (χ0n) is 10.0. The highest BCUT2D eigenvalue weighted by Gasteiger charge is 2.20. The van der Waals surface area contributed by atoms with E-state index < -0.39 is 0 Å². The Bertz CT molecular complexity index is 492. The third kappa shape index (κ3) is 1.98. The first-order valence-corrected chi connectivity index (χ1v) is 6.04. The molecule has 90 valence electrons. The zero-order valence-corrected chi connectivity index (χ0v) is 10.0. The van der Waals surface area contributed by atoms with Gasteiger partial charge in [0.05, 0.1) is 18.6 Å². The molecule has 0 radical (unpaired) electrons. The van der Waals surface area contributed by atoms with Crippen LogP contribution >= 0.6 is 0 Å². The Hall–Kier alpha value is -1.62. The maximum absolute atomic E-state index is 4.35. The second kappa shape index (κ2) is 4.33. The van der Waals surface area contributed by atoms with Crippen LogP contribution in [0.15, 0.2) is 24.9 Å². The third-order valence-electron chi connectivity index (χ3n) is 3.39. The fourth-order valence-corrected chi connectivity index (χ4v) is 2.39. The molecule has 0 aromatic carbocycles. The summed E-state index contributed by atoms with van der Waals surface area (Å²) < 4.78 is 4.23. The van der Waals surface area contributed by atoms with Crippen LogP contribution in [0.4, 0.5) is 0 Å². The number of rotatable bonds is 3. The van der Waals surface area contributed by atoms with E-state index in [9.17, 15) is 0 Å². The van der Waals surface area contributed by atoms with Gasteiger partial charge >= 0.3 is 0 Å². The summed E-state index contributed by atoms with van der Waals surface area (Å²) in [4.78, 5) is 8.62. The third-order valence-corrected chi connectivity index (χ3v) is 3.39. The minimum Gasteiger partial charge on any atom is -0.337 e. The van der Waals surface area contributed by atoms with Gasteiger partial charge in [-0.25, -0.2) is 9.97 Å². The first-order chi connectivity index (χ1) is 8.34. The fraction of sp³-hybridized carbons (Fsp3) is 0.500. The van der Waals surface area contributed by atoms with Crippen LogP contribution in [0.25, 0.3) is 0 Å². The Kier molecular flexibility index (Phi) is 2.68. The van der Waals surface area contributed by atoms with E-state index in [2.05, 4.69) is 19.9 Å². The van der Waals surface area contributed by atoms with Gasteiger partial charge in [0.15, 0.2) is 0 Å². The van der Waals surface area contributed by atoms with Gasteiger partial charge in [-0.2, -0.15) is 0 Å². The van der Waals surface area contributed by atoms with Gasteiger partial charge in [-0.15, -0.1) is 0 Å². The summed E-state index contributed by atoms with van der Waals surface area (Å²) in [5.41, 5.74) is 1.27. The van der Waals surface area contributed by atoms with E-state index in [0.717, 1.165) is 18.9 Å². The number of aryl methyl sites for hydroxylation is 1. The predicted molar refractivity (Wildman–Crippen MR) is 64.5 cm³/mol. The molecule has 5 nitrogen and oxygen atoms in total. The summed E-state index contributed by atoms with van der Waals surface area (Å²) in [5.74, 6) is 1.06. The lowest BCUT2D eigenvalue weighted by Gasteiger charge is -2.13. The van der Waals surface area contributed by atoms with Gasteiger partial charge in [0.25, 0.3) is 0 Å². The second-order valence-corrected chi connectivity index (χ2v) is 4.55. The minimum atomic E-state index is 0.456. The van der Waals surface area contributed by atoms with Crippen molar-refractivity contribution in [3.8, 4) is 0 Å². The van der Waals surface area contributed by atoms with Crippen molar-refractivity contribution in [1.82, 2.24) is 24.4 Å². The molecule has 1 aliphatic rings. The predicted octanol–water partition coefficient (Wildman–Crippen LogP) is 1.09. The molecule has 3 rings (SSSR count). The van der Waals surface area contributed by atoms with Gasteiger partial charge < -0.3 is 14.5 Å². The van der Waals surface area contributed by atoms with E-state index in [1.807, 2.05) is 36.5 Å². The number of imidazole rings is 2. The van der Waals surface area contributed by atoms with Crippen molar-refractivity contribution in [2.45, 2.75) is 25.4 Å². The fourth-order valence-electron chi connectivity index (χ4n) is 2.39. The standard InChI is InChI=1S/C12H17N5/c1-16-6-5-15-12(16)8-17-9-13-7-11(17)10-3-2-4-14-10/h5-7,9-10,14H,2-4,8H2,1H3. The Morgan fingerprint density at radius 2 is 2.47 bits per heavy atom. The summed E-state index contributed by atoms with van der Waals surface area (Å²) >= 11 is 0. The SMILES string of the molecule is Cn1ccnc1Cn1cncc1C1CCCN1. The van der Waals surface area contributed by atoms with Crippen LogP contribution < -0.4 is 5.32 Å². The van der Waals surface area contributed by atoms with Crippen LogP contribution in [0.3, 0.4) is 0 Å². The number of aromatic nitrogens is 4. The number of hydrogen-bond donors (Lipinski definition) is 1. The Labute approximate surface area is 100 Å². The Morgan fingerprint density at radius 1 is 1.53 bits per heavy atom. The molecule has 1 N–H and O–H groups in total. The molecule has 0 bridgehead atoms. The summed E-state index contributed by atoms with van der Waals surface area (Å²) in [5, 5.41) is 3.51. The lowest BCUT2D eigenvalue weighted by Crippen LogP contribution is -2.18. The van der Waals surface area contributed by atoms with Gasteiger partial charge in [0.2, 0.25) is 0 Å². The lowest BCUT2D eigenvalue weighted by atomic mass is 10.2. The van der Waals surface area contributed by atoms with Crippen LogP contribution in [-0.4, -0.2) is 25.6 Å². The smallest absolute Gasteiger partial charge is 0.128 e. The van der Waals surface area contributed by atoms with Gasteiger partial charge in [0, 0.05) is 31.7 Å². The monoisotopic (exact) mass is 231 g/mol. The van der Waals surface area contributed by atoms with Gasteiger partial charge in [-0.1, -0.05) is 0 Å². The lowest BCUT2D eigenvalue weighted by molar-refractivity contribution is 0.572. The van der Waals surface area contributed by atoms with Crippen molar-refractivity contribution >= 4 is 0 Å². The minimum absolute atomic E-state index is 0.456. The molecule has 0 saturated carbocycles. The van der Waals surface area contributed by atoms with E-state index in [-0.39, 0.29) is 0 Å². The van der Waals surface area contributed by atoms with Crippen molar-refractivity contribution < 1.29 is 0 Å². The molecule has 2 aromatic rings. The molecule has 1 atom stereocenters. The van der Waals surface area contributed by atoms with E-state index in [1.165, 1.54) is 18.5 Å². The van der Waals surface area contributed by atoms with Crippen molar-refractivity contribution in [2.75, 3.05) is 6.54 Å². The van der Waals surface area contributed by atoms with Crippen LogP contribution in [0.2, 0.25) is 0 Å². The number of hydrogen-bond acceptors (Lipinski definition) is 3. The summed E-state index contributed by atoms with van der Waals surface area (Å²) in [7, 11) is 2.02. The molecule has 0 amide bonds. The van der Waals surface area contributed by atoms with Crippen LogP contribution in [0.5, 0.6) is 0 Å². The average Bonchev–Trinajstić information content (AvgIpc) is 3.02. The zero-order chi connectivity index (χ0) is 11.7. The van der Waals surface area contributed by atoms with Crippen molar-refractivity contribution in [1.29, 1.82) is 0 Å². The molecule has 5 heteroatoms. The summed E-state index contributed by atoms with van der Waals surface area (Å²) in [6, 6.07) is 0.456.